The molecular formula is C13H16N2. The first-order chi connectivity index (χ1) is 7.25. The van der Waals surface area contributed by atoms with E-state index in [2.05, 4.69) is 29.2 Å². The number of rotatable bonds is 3. The standard InChI is InChI=1S/C13H16N2/c1-10(14)9-12-7-8-13(15-12)11-5-3-2-4-6-11/h2-8,10,15H,9,14H2,1H3. The van der Waals surface area contributed by atoms with Gasteiger partial charge in [0.1, 0.15) is 0 Å². The zero-order valence-corrected chi connectivity index (χ0v) is 8.90. The van der Waals surface area contributed by atoms with E-state index >= 15 is 0 Å². The lowest BCUT2D eigenvalue weighted by Gasteiger charge is -2.02. The number of aromatic amines is 1. The summed E-state index contributed by atoms with van der Waals surface area (Å²) in [6, 6.07) is 14.7. The van der Waals surface area contributed by atoms with Crippen molar-refractivity contribution in [1.82, 2.24) is 4.98 Å². The largest absolute Gasteiger partial charge is 0.358 e. The summed E-state index contributed by atoms with van der Waals surface area (Å²) >= 11 is 0. The zero-order chi connectivity index (χ0) is 10.7. The third-order valence-corrected chi connectivity index (χ3v) is 2.37. The van der Waals surface area contributed by atoms with Crippen molar-refractivity contribution >= 4 is 0 Å². The van der Waals surface area contributed by atoms with Crippen LogP contribution in [0, 0.1) is 0 Å². The topological polar surface area (TPSA) is 41.8 Å². The zero-order valence-electron chi connectivity index (χ0n) is 8.90. The molecule has 1 aromatic carbocycles. The van der Waals surface area contributed by atoms with Crippen molar-refractivity contribution in [3.8, 4) is 11.3 Å². The van der Waals surface area contributed by atoms with Crippen molar-refractivity contribution in [2.75, 3.05) is 0 Å². The van der Waals surface area contributed by atoms with Crippen molar-refractivity contribution in [2.24, 2.45) is 5.73 Å². The van der Waals surface area contributed by atoms with Crippen LogP contribution < -0.4 is 5.73 Å². The molecule has 0 aliphatic carbocycles. The normalized spacial score (nSPS) is 12.7. The first-order valence-electron chi connectivity index (χ1n) is 5.24. The lowest BCUT2D eigenvalue weighted by molar-refractivity contribution is 0.726. The van der Waals surface area contributed by atoms with Crippen molar-refractivity contribution in [3.63, 3.8) is 0 Å². The van der Waals surface area contributed by atoms with E-state index < -0.39 is 0 Å². The van der Waals surface area contributed by atoms with Crippen molar-refractivity contribution in [3.05, 3.63) is 48.2 Å². The Kier molecular flexibility index (Phi) is 2.88. The van der Waals surface area contributed by atoms with Gasteiger partial charge in [0.2, 0.25) is 0 Å². The third kappa shape index (κ3) is 2.48. The Morgan fingerprint density at radius 1 is 1.13 bits per heavy atom. The highest BCUT2D eigenvalue weighted by atomic mass is 14.7. The van der Waals surface area contributed by atoms with Gasteiger partial charge in [-0.05, 0) is 24.6 Å². The minimum Gasteiger partial charge on any atom is -0.358 e. The second kappa shape index (κ2) is 4.32. The van der Waals surface area contributed by atoms with Gasteiger partial charge in [-0.15, -0.1) is 0 Å². The Morgan fingerprint density at radius 3 is 2.53 bits per heavy atom. The van der Waals surface area contributed by atoms with Crippen molar-refractivity contribution in [1.29, 1.82) is 0 Å². The van der Waals surface area contributed by atoms with E-state index in [0.29, 0.717) is 0 Å². The average molecular weight is 200 g/mol. The van der Waals surface area contributed by atoms with E-state index in [1.165, 1.54) is 11.3 Å². The molecular weight excluding hydrogens is 184 g/mol. The fourth-order valence-corrected chi connectivity index (χ4v) is 1.69. The summed E-state index contributed by atoms with van der Waals surface area (Å²) in [5, 5.41) is 0. The second-order valence-corrected chi connectivity index (χ2v) is 3.94. The predicted molar refractivity (Wildman–Crippen MR) is 63.6 cm³/mol. The summed E-state index contributed by atoms with van der Waals surface area (Å²) in [4.78, 5) is 3.38. The predicted octanol–water partition coefficient (Wildman–Crippen LogP) is 2.57. The summed E-state index contributed by atoms with van der Waals surface area (Å²) in [5.41, 5.74) is 9.33. The number of hydrogen-bond donors (Lipinski definition) is 2. The van der Waals surface area contributed by atoms with Gasteiger partial charge in [0.15, 0.2) is 0 Å². The molecule has 1 atom stereocenters. The van der Waals surface area contributed by atoms with Crippen LogP contribution in [-0.4, -0.2) is 11.0 Å². The minimum atomic E-state index is 0.201. The highest BCUT2D eigenvalue weighted by Gasteiger charge is 2.02. The van der Waals surface area contributed by atoms with E-state index in [0.717, 1.165) is 12.1 Å². The summed E-state index contributed by atoms with van der Waals surface area (Å²) in [6.45, 7) is 2.02. The Hall–Kier alpha value is -1.54. The molecule has 78 valence electrons. The quantitative estimate of drug-likeness (QED) is 0.785. The van der Waals surface area contributed by atoms with Gasteiger partial charge in [-0.2, -0.15) is 0 Å². The number of aromatic nitrogens is 1. The molecule has 0 bridgehead atoms. The SMILES string of the molecule is CC(N)Cc1ccc(-c2ccccc2)[nH]1. The van der Waals surface area contributed by atoms with Crippen LogP contribution in [0.2, 0.25) is 0 Å². The molecule has 2 rings (SSSR count). The van der Waals surface area contributed by atoms with Gasteiger partial charge < -0.3 is 10.7 Å². The van der Waals surface area contributed by atoms with Crippen LogP contribution in [0.4, 0.5) is 0 Å². The van der Waals surface area contributed by atoms with E-state index in [1.807, 2.05) is 25.1 Å². The Balaban J connectivity index is 2.21. The van der Waals surface area contributed by atoms with Crippen molar-refractivity contribution < 1.29 is 0 Å². The maximum absolute atomic E-state index is 5.75. The van der Waals surface area contributed by atoms with Crippen LogP contribution in [0.15, 0.2) is 42.5 Å². The van der Waals surface area contributed by atoms with E-state index in [1.54, 1.807) is 0 Å². The van der Waals surface area contributed by atoms with Crippen LogP contribution >= 0.6 is 0 Å². The highest BCUT2D eigenvalue weighted by Crippen LogP contribution is 2.18. The Morgan fingerprint density at radius 2 is 1.87 bits per heavy atom. The van der Waals surface area contributed by atoms with Gasteiger partial charge in [0.05, 0.1) is 0 Å². The van der Waals surface area contributed by atoms with Gasteiger partial charge >= 0.3 is 0 Å². The fourth-order valence-electron chi connectivity index (χ4n) is 1.69. The number of nitrogens with one attached hydrogen (secondary N) is 1. The number of benzene rings is 1. The summed E-state index contributed by atoms with van der Waals surface area (Å²) < 4.78 is 0. The number of H-pyrrole nitrogens is 1. The first-order valence-corrected chi connectivity index (χ1v) is 5.24. The van der Waals surface area contributed by atoms with E-state index in [-0.39, 0.29) is 6.04 Å². The molecule has 3 N–H and O–H groups in total. The molecule has 0 fully saturated rings. The molecule has 1 heterocycles. The van der Waals surface area contributed by atoms with Gasteiger partial charge in [0, 0.05) is 23.9 Å². The molecule has 0 saturated heterocycles. The van der Waals surface area contributed by atoms with Crippen LogP contribution in [0.1, 0.15) is 12.6 Å². The van der Waals surface area contributed by atoms with Gasteiger partial charge in [-0.25, -0.2) is 0 Å². The summed E-state index contributed by atoms with van der Waals surface area (Å²) in [5.74, 6) is 0. The van der Waals surface area contributed by atoms with Crippen LogP contribution in [0.5, 0.6) is 0 Å². The first kappa shape index (κ1) is 9.99. The minimum absolute atomic E-state index is 0.201. The Labute approximate surface area is 90.1 Å². The average Bonchev–Trinajstić information content (AvgIpc) is 2.67. The molecule has 1 aromatic heterocycles. The molecule has 1 unspecified atom stereocenters. The molecule has 0 saturated carbocycles. The lowest BCUT2D eigenvalue weighted by atomic mass is 10.2. The van der Waals surface area contributed by atoms with Gasteiger partial charge in [-0.1, -0.05) is 30.3 Å². The molecule has 2 nitrogen and oxygen atoms in total. The second-order valence-electron chi connectivity index (χ2n) is 3.94. The molecule has 2 aromatic rings. The maximum atomic E-state index is 5.75. The van der Waals surface area contributed by atoms with Gasteiger partial charge in [0.25, 0.3) is 0 Å². The van der Waals surface area contributed by atoms with Crippen molar-refractivity contribution in [2.45, 2.75) is 19.4 Å². The number of nitrogens with two attached hydrogens (primary N) is 1. The Bertz CT molecular complexity index is 415. The molecule has 2 heteroatoms. The van der Waals surface area contributed by atoms with Crippen LogP contribution in [0.3, 0.4) is 0 Å². The van der Waals surface area contributed by atoms with E-state index in [4.69, 9.17) is 5.73 Å². The summed E-state index contributed by atoms with van der Waals surface area (Å²) in [6.07, 6.45) is 0.896. The molecule has 15 heavy (non-hydrogen) atoms. The lowest BCUT2D eigenvalue weighted by Crippen LogP contribution is -2.17. The van der Waals surface area contributed by atoms with Crippen LogP contribution in [0.25, 0.3) is 11.3 Å². The molecule has 0 amide bonds. The number of hydrogen-bond acceptors (Lipinski definition) is 1. The van der Waals surface area contributed by atoms with Gasteiger partial charge in [-0.3, -0.25) is 0 Å². The third-order valence-electron chi connectivity index (χ3n) is 2.37. The molecule has 0 radical (unpaired) electrons. The summed E-state index contributed by atoms with van der Waals surface area (Å²) in [7, 11) is 0. The highest BCUT2D eigenvalue weighted by molar-refractivity contribution is 5.59. The maximum Gasteiger partial charge on any atom is 0.0456 e. The molecule has 0 aliphatic heterocycles. The molecule has 0 spiro atoms. The van der Waals surface area contributed by atoms with Crippen LogP contribution in [-0.2, 0) is 6.42 Å². The molecule has 0 aliphatic rings. The fraction of sp³-hybridized carbons (Fsp3) is 0.231. The monoisotopic (exact) mass is 200 g/mol. The van der Waals surface area contributed by atoms with E-state index in [9.17, 15) is 0 Å². The smallest absolute Gasteiger partial charge is 0.0456 e.